The third-order valence-corrected chi connectivity index (χ3v) is 2.94. The van der Waals surface area contributed by atoms with E-state index in [1.807, 2.05) is 6.07 Å². The van der Waals surface area contributed by atoms with Gasteiger partial charge in [-0.25, -0.2) is 0 Å². The summed E-state index contributed by atoms with van der Waals surface area (Å²) in [5, 5.41) is 1.25. The lowest BCUT2D eigenvalue weighted by molar-refractivity contribution is 0.599. The van der Waals surface area contributed by atoms with Crippen molar-refractivity contribution in [2.24, 2.45) is 0 Å². The van der Waals surface area contributed by atoms with Crippen LogP contribution in [0.5, 0.6) is 0 Å². The molecule has 2 aromatic rings. The molecule has 0 radical (unpaired) electrons. The summed E-state index contributed by atoms with van der Waals surface area (Å²) in [7, 11) is 0. The number of fused-ring (bicyclic) bond motifs is 3. The Kier molecular flexibility index (Phi) is 1.45. The summed E-state index contributed by atoms with van der Waals surface area (Å²) in [5.41, 5.74) is 4.07. The second-order valence-electron chi connectivity index (χ2n) is 3.75. The van der Waals surface area contributed by atoms with E-state index >= 15 is 0 Å². The van der Waals surface area contributed by atoms with Crippen LogP contribution in [0.4, 0.5) is 0 Å². The van der Waals surface area contributed by atoms with Crippen LogP contribution in [0.15, 0.2) is 28.9 Å². The van der Waals surface area contributed by atoms with Crippen molar-refractivity contribution in [2.75, 3.05) is 0 Å². The molecule has 0 unspecified atom stereocenters. The molecule has 1 aromatic heterocycles. The van der Waals surface area contributed by atoms with Gasteiger partial charge in [0.2, 0.25) is 0 Å². The van der Waals surface area contributed by atoms with Gasteiger partial charge in [0, 0.05) is 5.39 Å². The SMILES string of the molecule is c1cc2ccc3c(c2o1)CCCC3. The zero-order chi connectivity index (χ0) is 8.67. The molecule has 3 rings (SSSR count). The Morgan fingerprint density at radius 1 is 1.00 bits per heavy atom. The van der Waals surface area contributed by atoms with Crippen molar-refractivity contribution in [3.8, 4) is 0 Å². The van der Waals surface area contributed by atoms with Crippen LogP contribution in [0.25, 0.3) is 11.0 Å². The Hall–Kier alpha value is -1.24. The van der Waals surface area contributed by atoms with E-state index in [1.54, 1.807) is 6.26 Å². The summed E-state index contributed by atoms with van der Waals surface area (Å²) >= 11 is 0. The predicted molar refractivity (Wildman–Crippen MR) is 52.9 cm³/mol. The minimum absolute atomic E-state index is 1.12. The highest BCUT2D eigenvalue weighted by molar-refractivity contribution is 5.81. The van der Waals surface area contributed by atoms with Gasteiger partial charge >= 0.3 is 0 Å². The van der Waals surface area contributed by atoms with Gasteiger partial charge in [-0.2, -0.15) is 0 Å². The van der Waals surface area contributed by atoms with Gasteiger partial charge in [-0.1, -0.05) is 12.1 Å². The first-order valence-electron chi connectivity index (χ1n) is 4.93. The molecular formula is C12H12O. The van der Waals surface area contributed by atoms with E-state index in [0.717, 1.165) is 5.58 Å². The van der Waals surface area contributed by atoms with Gasteiger partial charge in [0.1, 0.15) is 5.58 Å². The van der Waals surface area contributed by atoms with Gasteiger partial charge in [-0.15, -0.1) is 0 Å². The number of furan rings is 1. The maximum atomic E-state index is 5.52. The summed E-state index contributed by atoms with van der Waals surface area (Å²) in [6.45, 7) is 0. The van der Waals surface area contributed by atoms with Crippen LogP contribution in [0.3, 0.4) is 0 Å². The molecule has 0 N–H and O–H groups in total. The molecule has 0 saturated heterocycles. The fourth-order valence-corrected chi connectivity index (χ4v) is 2.26. The van der Waals surface area contributed by atoms with Crippen LogP contribution in [-0.4, -0.2) is 0 Å². The van der Waals surface area contributed by atoms with Gasteiger partial charge in [0.15, 0.2) is 0 Å². The van der Waals surface area contributed by atoms with Crippen LogP contribution in [0.2, 0.25) is 0 Å². The molecule has 0 bridgehead atoms. The number of rotatable bonds is 0. The molecule has 0 aliphatic heterocycles. The lowest BCUT2D eigenvalue weighted by Crippen LogP contribution is -2.01. The summed E-state index contributed by atoms with van der Waals surface area (Å²) in [6, 6.07) is 6.47. The van der Waals surface area contributed by atoms with Crippen molar-refractivity contribution in [1.82, 2.24) is 0 Å². The van der Waals surface area contributed by atoms with Crippen molar-refractivity contribution in [3.05, 3.63) is 35.6 Å². The first kappa shape index (κ1) is 7.19. The molecule has 0 amide bonds. The molecule has 0 spiro atoms. The van der Waals surface area contributed by atoms with E-state index in [4.69, 9.17) is 4.42 Å². The standard InChI is InChI=1S/C12H12O/c1-2-4-11-9(3-1)5-6-10-7-8-13-12(10)11/h5-8H,1-4H2. The predicted octanol–water partition coefficient (Wildman–Crippen LogP) is 3.31. The molecule has 1 heteroatoms. The Balaban J connectivity index is 2.34. The van der Waals surface area contributed by atoms with Gasteiger partial charge in [-0.3, -0.25) is 0 Å². The molecule has 1 aromatic carbocycles. The number of hydrogen-bond acceptors (Lipinski definition) is 1. The molecule has 0 fully saturated rings. The molecule has 1 heterocycles. The molecular weight excluding hydrogens is 160 g/mol. The minimum atomic E-state index is 1.12. The Labute approximate surface area is 77.4 Å². The van der Waals surface area contributed by atoms with Crippen LogP contribution in [0.1, 0.15) is 24.0 Å². The van der Waals surface area contributed by atoms with Crippen LogP contribution < -0.4 is 0 Å². The molecule has 13 heavy (non-hydrogen) atoms. The fraction of sp³-hybridized carbons (Fsp3) is 0.333. The molecule has 1 aliphatic carbocycles. The van der Waals surface area contributed by atoms with Crippen molar-refractivity contribution < 1.29 is 4.42 Å². The molecule has 0 atom stereocenters. The van der Waals surface area contributed by atoms with E-state index in [9.17, 15) is 0 Å². The Bertz CT molecular complexity index is 439. The number of aryl methyl sites for hydroxylation is 2. The van der Waals surface area contributed by atoms with Crippen LogP contribution >= 0.6 is 0 Å². The molecule has 0 saturated carbocycles. The highest BCUT2D eigenvalue weighted by atomic mass is 16.3. The van der Waals surface area contributed by atoms with E-state index in [-0.39, 0.29) is 0 Å². The lowest BCUT2D eigenvalue weighted by atomic mass is 9.91. The molecule has 1 aliphatic rings. The lowest BCUT2D eigenvalue weighted by Gasteiger charge is -2.14. The Morgan fingerprint density at radius 3 is 2.92 bits per heavy atom. The van der Waals surface area contributed by atoms with Gasteiger partial charge < -0.3 is 4.42 Å². The quantitative estimate of drug-likeness (QED) is 0.594. The third-order valence-electron chi connectivity index (χ3n) is 2.94. The zero-order valence-electron chi connectivity index (χ0n) is 7.55. The highest BCUT2D eigenvalue weighted by Gasteiger charge is 2.13. The van der Waals surface area contributed by atoms with Crippen molar-refractivity contribution in [3.63, 3.8) is 0 Å². The maximum absolute atomic E-state index is 5.52. The summed E-state index contributed by atoms with van der Waals surface area (Å²) in [5.74, 6) is 0. The largest absolute Gasteiger partial charge is 0.464 e. The molecule has 1 nitrogen and oxygen atoms in total. The van der Waals surface area contributed by atoms with Crippen molar-refractivity contribution in [2.45, 2.75) is 25.7 Å². The second kappa shape index (κ2) is 2.63. The van der Waals surface area contributed by atoms with Crippen LogP contribution in [0, 0.1) is 0 Å². The van der Waals surface area contributed by atoms with E-state index in [0.29, 0.717) is 0 Å². The highest BCUT2D eigenvalue weighted by Crippen LogP contribution is 2.29. The van der Waals surface area contributed by atoms with E-state index in [2.05, 4.69) is 12.1 Å². The topological polar surface area (TPSA) is 13.1 Å². The van der Waals surface area contributed by atoms with E-state index < -0.39 is 0 Å². The Morgan fingerprint density at radius 2 is 1.92 bits per heavy atom. The average molecular weight is 172 g/mol. The van der Waals surface area contributed by atoms with Crippen molar-refractivity contribution >= 4 is 11.0 Å². The fourth-order valence-electron chi connectivity index (χ4n) is 2.26. The van der Waals surface area contributed by atoms with E-state index in [1.165, 1.54) is 42.2 Å². The average Bonchev–Trinajstić information content (AvgIpc) is 2.65. The monoisotopic (exact) mass is 172 g/mol. The minimum Gasteiger partial charge on any atom is -0.464 e. The molecule has 66 valence electrons. The second-order valence-corrected chi connectivity index (χ2v) is 3.75. The smallest absolute Gasteiger partial charge is 0.137 e. The first-order chi connectivity index (χ1) is 6.45. The van der Waals surface area contributed by atoms with Gasteiger partial charge in [0.05, 0.1) is 6.26 Å². The normalized spacial score (nSPS) is 16.0. The first-order valence-corrected chi connectivity index (χ1v) is 4.93. The van der Waals surface area contributed by atoms with Crippen molar-refractivity contribution in [1.29, 1.82) is 0 Å². The van der Waals surface area contributed by atoms with Crippen LogP contribution in [-0.2, 0) is 12.8 Å². The number of benzene rings is 1. The summed E-state index contributed by atoms with van der Waals surface area (Å²) in [4.78, 5) is 0. The van der Waals surface area contributed by atoms with Gasteiger partial charge in [0.25, 0.3) is 0 Å². The maximum Gasteiger partial charge on any atom is 0.137 e. The third kappa shape index (κ3) is 0.998. The zero-order valence-corrected chi connectivity index (χ0v) is 7.55. The number of hydrogen-bond donors (Lipinski definition) is 0. The summed E-state index contributed by atoms with van der Waals surface area (Å²) < 4.78 is 5.52. The summed E-state index contributed by atoms with van der Waals surface area (Å²) in [6.07, 6.45) is 6.86. The van der Waals surface area contributed by atoms with Gasteiger partial charge in [-0.05, 0) is 42.9 Å².